The average Bonchev–Trinajstić information content (AvgIpc) is 3.33. The molecule has 2 aliphatic heterocycles. The summed E-state index contributed by atoms with van der Waals surface area (Å²) in [4.78, 5) is 15.4. The van der Waals surface area contributed by atoms with Crippen LogP contribution in [0.1, 0.15) is 42.2 Å². The molecular formula is C20H23FN3OS+. The standard InChI is InChI=1S/C20H22FN3OS/c21-16-8-6-15(7-9-16)18-13-17(19-5-4-12-26-19)22-24(18)20(25)14-23-10-2-1-3-11-23/h4-9,12,18H,1-3,10-11,13-14H2/p+1/t18-/m0/s1. The molecule has 1 fully saturated rings. The van der Waals surface area contributed by atoms with Crippen LogP contribution in [0.25, 0.3) is 0 Å². The SMILES string of the molecule is O=C(C[NH+]1CCCCC1)N1N=C(c2cccs2)C[C@H]1c1ccc(F)cc1. The summed E-state index contributed by atoms with van der Waals surface area (Å²) in [6.45, 7) is 2.60. The molecular weight excluding hydrogens is 349 g/mol. The van der Waals surface area contributed by atoms with E-state index in [2.05, 4.69) is 5.10 Å². The van der Waals surface area contributed by atoms with Gasteiger partial charge in [0, 0.05) is 6.42 Å². The summed E-state index contributed by atoms with van der Waals surface area (Å²) in [7, 11) is 0. The molecule has 1 aromatic heterocycles. The fourth-order valence-electron chi connectivity index (χ4n) is 3.80. The van der Waals surface area contributed by atoms with E-state index in [1.54, 1.807) is 28.5 Å². The van der Waals surface area contributed by atoms with Crippen molar-refractivity contribution in [2.75, 3.05) is 19.6 Å². The Bertz CT molecular complexity index is 782. The Hall–Kier alpha value is -2.05. The molecule has 1 N–H and O–H groups in total. The van der Waals surface area contributed by atoms with Crippen LogP contribution < -0.4 is 4.90 Å². The summed E-state index contributed by atoms with van der Waals surface area (Å²) in [5.74, 6) is -0.204. The number of rotatable bonds is 4. The second-order valence-corrected chi connectivity index (χ2v) is 7.97. The topological polar surface area (TPSA) is 37.1 Å². The average molecular weight is 372 g/mol. The molecule has 26 heavy (non-hydrogen) atoms. The van der Waals surface area contributed by atoms with Gasteiger partial charge in [-0.2, -0.15) is 5.10 Å². The van der Waals surface area contributed by atoms with Gasteiger partial charge in [-0.15, -0.1) is 11.3 Å². The number of thiophene rings is 1. The monoisotopic (exact) mass is 372 g/mol. The van der Waals surface area contributed by atoms with Crippen LogP contribution in [0.3, 0.4) is 0 Å². The highest BCUT2D eigenvalue weighted by Crippen LogP contribution is 2.33. The zero-order valence-electron chi connectivity index (χ0n) is 14.7. The van der Waals surface area contributed by atoms with Crippen molar-refractivity contribution in [1.29, 1.82) is 0 Å². The van der Waals surface area contributed by atoms with E-state index in [1.807, 2.05) is 17.5 Å². The Morgan fingerprint density at radius 1 is 1.19 bits per heavy atom. The number of benzene rings is 1. The number of hydrazone groups is 1. The van der Waals surface area contributed by atoms with Crippen molar-refractivity contribution in [1.82, 2.24) is 5.01 Å². The molecule has 4 rings (SSSR count). The van der Waals surface area contributed by atoms with Gasteiger partial charge in [-0.1, -0.05) is 18.2 Å². The molecule has 1 atom stereocenters. The summed E-state index contributed by atoms with van der Waals surface area (Å²) >= 11 is 1.64. The Morgan fingerprint density at radius 3 is 2.65 bits per heavy atom. The van der Waals surface area contributed by atoms with Gasteiger partial charge in [0.05, 0.1) is 29.7 Å². The lowest BCUT2D eigenvalue weighted by Gasteiger charge is -2.27. The lowest BCUT2D eigenvalue weighted by Crippen LogP contribution is -3.13. The van der Waals surface area contributed by atoms with Crippen molar-refractivity contribution < 1.29 is 14.1 Å². The van der Waals surface area contributed by atoms with E-state index in [9.17, 15) is 9.18 Å². The van der Waals surface area contributed by atoms with E-state index >= 15 is 0 Å². The van der Waals surface area contributed by atoms with Crippen molar-refractivity contribution in [2.45, 2.75) is 31.7 Å². The van der Waals surface area contributed by atoms with Crippen LogP contribution in [0.2, 0.25) is 0 Å². The molecule has 1 aromatic carbocycles. The lowest BCUT2D eigenvalue weighted by molar-refractivity contribution is -0.897. The molecule has 4 nitrogen and oxygen atoms in total. The highest BCUT2D eigenvalue weighted by atomic mass is 32.1. The molecule has 0 aliphatic carbocycles. The maximum atomic E-state index is 13.3. The second-order valence-electron chi connectivity index (χ2n) is 7.02. The van der Waals surface area contributed by atoms with Crippen molar-refractivity contribution in [2.24, 2.45) is 5.10 Å². The van der Waals surface area contributed by atoms with Crippen LogP contribution in [-0.2, 0) is 4.79 Å². The molecule has 0 saturated carbocycles. The fraction of sp³-hybridized carbons (Fsp3) is 0.400. The minimum Gasteiger partial charge on any atom is -0.327 e. The molecule has 0 unspecified atom stereocenters. The number of likely N-dealkylation sites (tertiary alicyclic amines) is 1. The maximum Gasteiger partial charge on any atom is 0.298 e. The van der Waals surface area contributed by atoms with Gasteiger partial charge in [-0.05, 0) is 48.4 Å². The quantitative estimate of drug-likeness (QED) is 0.880. The van der Waals surface area contributed by atoms with Crippen LogP contribution in [0.15, 0.2) is 46.9 Å². The maximum absolute atomic E-state index is 13.3. The molecule has 0 bridgehead atoms. The van der Waals surface area contributed by atoms with E-state index in [0.29, 0.717) is 13.0 Å². The number of amides is 1. The summed E-state index contributed by atoms with van der Waals surface area (Å²) in [6, 6.07) is 10.3. The second kappa shape index (κ2) is 7.68. The smallest absolute Gasteiger partial charge is 0.298 e. The third-order valence-electron chi connectivity index (χ3n) is 5.19. The first-order chi connectivity index (χ1) is 12.7. The van der Waals surface area contributed by atoms with Crippen LogP contribution in [0, 0.1) is 5.82 Å². The van der Waals surface area contributed by atoms with E-state index in [-0.39, 0.29) is 17.8 Å². The number of carbonyl (C=O) groups is 1. The normalized spacial score (nSPS) is 21.0. The lowest BCUT2D eigenvalue weighted by atomic mass is 10.0. The first-order valence-electron chi connectivity index (χ1n) is 9.23. The number of carbonyl (C=O) groups excluding carboxylic acids is 1. The van der Waals surface area contributed by atoms with Crippen molar-refractivity contribution in [3.05, 3.63) is 58.0 Å². The largest absolute Gasteiger partial charge is 0.327 e. The highest BCUT2D eigenvalue weighted by molar-refractivity contribution is 7.12. The minimum absolute atomic E-state index is 0.0581. The Morgan fingerprint density at radius 2 is 1.96 bits per heavy atom. The Balaban J connectivity index is 1.57. The number of quaternary nitrogens is 1. The summed E-state index contributed by atoms with van der Waals surface area (Å²) in [5, 5.41) is 8.34. The molecule has 0 spiro atoms. The first kappa shape index (κ1) is 17.4. The van der Waals surface area contributed by atoms with Gasteiger partial charge in [0.1, 0.15) is 5.82 Å². The van der Waals surface area contributed by atoms with E-state index in [0.717, 1.165) is 29.2 Å². The molecule has 0 radical (unpaired) electrons. The van der Waals surface area contributed by atoms with Gasteiger partial charge in [0.15, 0.2) is 6.54 Å². The van der Waals surface area contributed by atoms with E-state index in [4.69, 9.17) is 0 Å². The van der Waals surface area contributed by atoms with Gasteiger partial charge in [-0.3, -0.25) is 4.79 Å². The number of piperidine rings is 1. The third-order valence-corrected chi connectivity index (χ3v) is 6.11. The fourth-order valence-corrected chi connectivity index (χ4v) is 4.52. The number of nitrogens with one attached hydrogen (secondary N) is 1. The van der Waals surface area contributed by atoms with Crippen LogP contribution in [0.5, 0.6) is 0 Å². The Labute approximate surface area is 156 Å². The number of halogens is 1. The summed E-state index contributed by atoms with van der Waals surface area (Å²) in [6.07, 6.45) is 4.31. The van der Waals surface area contributed by atoms with E-state index < -0.39 is 0 Å². The van der Waals surface area contributed by atoms with Crippen LogP contribution in [-0.4, -0.2) is 36.3 Å². The zero-order valence-corrected chi connectivity index (χ0v) is 15.5. The summed E-state index contributed by atoms with van der Waals surface area (Å²) in [5.41, 5.74) is 1.88. The first-order valence-corrected chi connectivity index (χ1v) is 10.1. The number of hydrogen-bond acceptors (Lipinski definition) is 3. The van der Waals surface area contributed by atoms with Gasteiger partial charge in [0.25, 0.3) is 5.91 Å². The summed E-state index contributed by atoms with van der Waals surface area (Å²) < 4.78 is 13.3. The molecule has 2 aromatic rings. The number of hydrogen-bond donors (Lipinski definition) is 1. The molecule has 2 aliphatic rings. The van der Waals surface area contributed by atoms with Crippen molar-refractivity contribution >= 4 is 23.0 Å². The van der Waals surface area contributed by atoms with Crippen molar-refractivity contribution in [3.63, 3.8) is 0 Å². The predicted molar refractivity (Wildman–Crippen MR) is 101 cm³/mol. The molecule has 6 heteroatoms. The molecule has 1 saturated heterocycles. The van der Waals surface area contributed by atoms with Gasteiger partial charge in [0.2, 0.25) is 0 Å². The number of nitrogens with zero attached hydrogens (tertiary/aromatic N) is 2. The minimum atomic E-state index is -0.262. The molecule has 1 amide bonds. The van der Waals surface area contributed by atoms with E-state index in [1.165, 1.54) is 36.3 Å². The molecule has 136 valence electrons. The van der Waals surface area contributed by atoms with Gasteiger partial charge in [-0.25, -0.2) is 9.40 Å². The Kier molecular flexibility index (Phi) is 5.13. The van der Waals surface area contributed by atoms with Crippen molar-refractivity contribution in [3.8, 4) is 0 Å². The highest BCUT2D eigenvalue weighted by Gasteiger charge is 2.35. The molecule has 3 heterocycles. The van der Waals surface area contributed by atoms with Gasteiger partial charge < -0.3 is 4.90 Å². The predicted octanol–water partition coefficient (Wildman–Crippen LogP) is 2.63. The zero-order chi connectivity index (χ0) is 17.9. The van der Waals surface area contributed by atoms with Crippen LogP contribution >= 0.6 is 11.3 Å². The van der Waals surface area contributed by atoms with Crippen LogP contribution in [0.4, 0.5) is 4.39 Å². The van der Waals surface area contributed by atoms with Gasteiger partial charge >= 0.3 is 0 Å². The third kappa shape index (κ3) is 3.71.